The molecule has 0 bridgehead atoms. The number of carbonyl (C=O) groups excluding carboxylic acids is 2. The maximum Gasteiger partial charge on any atom is 0.260 e. The van der Waals surface area contributed by atoms with Crippen molar-refractivity contribution < 1.29 is 14.7 Å². The van der Waals surface area contributed by atoms with Gasteiger partial charge in [0.15, 0.2) is 6.29 Å². The molecule has 0 aliphatic rings. The second kappa shape index (κ2) is 11.8. The number of phenolic OH excluding ortho intramolecular Hbond substituents is 1. The summed E-state index contributed by atoms with van der Waals surface area (Å²) in [5, 5.41) is 9.87. The van der Waals surface area contributed by atoms with Gasteiger partial charge in [-0.3, -0.25) is 14.6 Å². The molecule has 3 aromatic rings. The number of aromatic nitrogens is 1. The van der Waals surface area contributed by atoms with Gasteiger partial charge in [-0.05, 0) is 54.3 Å². The van der Waals surface area contributed by atoms with Gasteiger partial charge in [0, 0.05) is 18.1 Å². The third-order valence-electron chi connectivity index (χ3n) is 5.54. The lowest BCUT2D eigenvalue weighted by molar-refractivity contribution is 0.0984. The van der Waals surface area contributed by atoms with Gasteiger partial charge in [0.05, 0.1) is 17.7 Å². The van der Waals surface area contributed by atoms with E-state index in [1.54, 1.807) is 29.3 Å². The molecule has 0 aliphatic heterocycles. The van der Waals surface area contributed by atoms with E-state index >= 15 is 0 Å². The van der Waals surface area contributed by atoms with Crippen LogP contribution in [-0.2, 0) is 13.0 Å². The van der Waals surface area contributed by atoms with Crippen molar-refractivity contribution in [1.82, 2.24) is 4.98 Å². The number of aromatic hydroxyl groups is 1. The Kier molecular flexibility index (Phi) is 8.55. The van der Waals surface area contributed by atoms with E-state index in [1.165, 1.54) is 56.0 Å². The Bertz CT molecular complexity index is 1020. The first-order chi connectivity index (χ1) is 15.6. The number of anilines is 1. The van der Waals surface area contributed by atoms with Crippen LogP contribution in [0.1, 0.15) is 70.9 Å². The minimum atomic E-state index is -0.222. The number of hydrogen-bond donors (Lipinski definition) is 1. The Hall–Kier alpha value is -3.47. The Balaban J connectivity index is 1.78. The van der Waals surface area contributed by atoms with Crippen molar-refractivity contribution >= 4 is 17.9 Å². The first-order valence-electron chi connectivity index (χ1n) is 11.2. The summed E-state index contributed by atoms with van der Waals surface area (Å²) < 4.78 is 0. The number of unbranched alkanes of at least 4 members (excludes halogenated alkanes) is 4. The summed E-state index contributed by atoms with van der Waals surface area (Å²) in [5.41, 5.74) is 3.42. The molecule has 1 N–H and O–H groups in total. The van der Waals surface area contributed by atoms with Crippen molar-refractivity contribution in [2.45, 2.75) is 52.0 Å². The van der Waals surface area contributed by atoms with Crippen LogP contribution in [0.15, 0.2) is 67.0 Å². The summed E-state index contributed by atoms with van der Waals surface area (Å²) in [4.78, 5) is 30.2. The van der Waals surface area contributed by atoms with Crippen LogP contribution in [0.25, 0.3) is 0 Å². The average molecular weight is 431 g/mol. The van der Waals surface area contributed by atoms with Gasteiger partial charge in [0.25, 0.3) is 5.91 Å². The Labute approximate surface area is 189 Å². The largest absolute Gasteiger partial charge is 0.507 e. The van der Waals surface area contributed by atoms with Crippen LogP contribution in [0.3, 0.4) is 0 Å². The lowest BCUT2D eigenvalue weighted by atomic mass is 10.0. The van der Waals surface area contributed by atoms with Gasteiger partial charge in [-0.2, -0.15) is 0 Å². The molecule has 3 rings (SSSR count). The third kappa shape index (κ3) is 6.27. The first-order valence-corrected chi connectivity index (χ1v) is 11.2. The number of rotatable bonds is 11. The van der Waals surface area contributed by atoms with E-state index in [0.29, 0.717) is 24.1 Å². The average Bonchev–Trinajstić information content (AvgIpc) is 2.84. The SMILES string of the molecule is CCCCCCCc1ccc(CN(C(=O)c2cccnc2)c2ccc(O)c(C=O)c2)cc1. The maximum atomic E-state index is 13.3. The highest BCUT2D eigenvalue weighted by atomic mass is 16.3. The summed E-state index contributed by atoms with van der Waals surface area (Å²) in [5.74, 6) is -0.332. The number of pyridine rings is 1. The molecule has 166 valence electrons. The molecule has 0 saturated carbocycles. The number of aldehydes is 1. The minimum Gasteiger partial charge on any atom is -0.507 e. The molecule has 0 fully saturated rings. The molecule has 1 aromatic heterocycles. The summed E-state index contributed by atoms with van der Waals surface area (Å²) in [7, 11) is 0. The molecule has 0 aliphatic carbocycles. The second-order valence-electron chi connectivity index (χ2n) is 7.97. The molecule has 5 heteroatoms. The third-order valence-corrected chi connectivity index (χ3v) is 5.54. The van der Waals surface area contributed by atoms with Crippen molar-refractivity contribution in [1.29, 1.82) is 0 Å². The monoisotopic (exact) mass is 430 g/mol. The van der Waals surface area contributed by atoms with Crippen LogP contribution >= 0.6 is 0 Å². The predicted molar refractivity (Wildman–Crippen MR) is 127 cm³/mol. The van der Waals surface area contributed by atoms with Crippen LogP contribution in [0.5, 0.6) is 5.75 Å². The van der Waals surface area contributed by atoms with Crippen LogP contribution < -0.4 is 4.90 Å². The number of phenols is 1. The number of nitrogens with zero attached hydrogens (tertiary/aromatic N) is 2. The first kappa shape index (κ1) is 23.2. The standard InChI is InChI=1S/C27H30N2O3/c1-2-3-4-5-6-8-21-10-12-22(13-11-21)19-29(27(32)23-9-7-16-28-18-23)25-14-15-26(31)24(17-25)20-30/h7,9-18,20,31H,2-6,8,19H2,1H3. The molecule has 0 spiro atoms. The van der Waals surface area contributed by atoms with Gasteiger partial charge in [0.1, 0.15) is 5.75 Å². The molecular formula is C27H30N2O3. The molecule has 32 heavy (non-hydrogen) atoms. The Morgan fingerprint density at radius 1 is 1.00 bits per heavy atom. The van der Waals surface area contributed by atoms with E-state index in [0.717, 1.165) is 12.0 Å². The quantitative estimate of drug-likeness (QED) is 0.301. The fraction of sp³-hybridized carbons (Fsp3) is 0.296. The van der Waals surface area contributed by atoms with Crippen molar-refractivity contribution in [3.8, 4) is 5.75 Å². The molecule has 5 nitrogen and oxygen atoms in total. The van der Waals surface area contributed by atoms with E-state index in [2.05, 4.69) is 24.0 Å². The van der Waals surface area contributed by atoms with Gasteiger partial charge in [-0.15, -0.1) is 0 Å². The van der Waals surface area contributed by atoms with Gasteiger partial charge in [0.2, 0.25) is 0 Å². The van der Waals surface area contributed by atoms with Crippen LogP contribution in [-0.4, -0.2) is 22.3 Å². The van der Waals surface area contributed by atoms with Gasteiger partial charge < -0.3 is 10.0 Å². The van der Waals surface area contributed by atoms with Gasteiger partial charge in [-0.25, -0.2) is 0 Å². The van der Waals surface area contributed by atoms with E-state index < -0.39 is 0 Å². The zero-order chi connectivity index (χ0) is 22.8. The molecule has 1 amide bonds. The topological polar surface area (TPSA) is 70.5 Å². The molecule has 0 atom stereocenters. The normalized spacial score (nSPS) is 10.7. The zero-order valence-corrected chi connectivity index (χ0v) is 18.5. The lowest BCUT2D eigenvalue weighted by Gasteiger charge is -2.24. The van der Waals surface area contributed by atoms with Crippen molar-refractivity contribution in [2.24, 2.45) is 0 Å². The summed E-state index contributed by atoms with van der Waals surface area (Å²) in [6.45, 7) is 2.56. The molecular weight excluding hydrogens is 400 g/mol. The molecule has 0 radical (unpaired) electrons. The van der Waals surface area contributed by atoms with E-state index in [9.17, 15) is 14.7 Å². The van der Waals surface area contributed by atoms with Crippen LogP contribution in [0.4, 0.5) is 5.69 Å². The van der Waals surface area contributed by atoms with Crippen molar-refractivity contribution in [3.63, 3.8) is 0 Å². The van der Waals surface area contributed by atoms with Crippen LogP contribution in [0, 0.1) is 0 Å². The Morgan fingerprint density at radius 2 is 1.75 bits per heavy atom. The molecule has 0 saturated heterocycles. The number of hydrogen-bond acceptors (Lipinski definition) is 4. The highest BCUT2D eigenvalue weighted by Crippen LogP contribution is 2.26. The number of aryl methyl sites for hydroxylation is 1. The van der Waals surface area contributed by atoms with E-state index in [4.69, 9.17) is 0 Å². The number of benzene rings is 2. The smallest absolute Gasteiger partial charge is 0.260 e. The Morgan fingerprint density at radius 3 is 2.44 bits per heavy atom. The summed E-state index contributed by atoms with van der Waals surface area (Å²) in [6, 6.07) is 16.4. The highest BCUT2D eigenvalue weighted by Gasteiger charge is 2.19. The predicted octanol–water partition coefficient (Wildman–Crippen LogP) is 5.96. The van der Waals surface area contributed by atoms with Crippen molar-refractivity contribution in [2.75, 3.05) is 4.90 Å². The maximum absolute atomic E-state index is 13.3. The summed E-state index contributed by atoms with van der Waals surface area (Å²) >= 11 is 0. The molecule has 0 unspecified atom stereocenters. The highest BCUT2D eigenvalue weighted by molar-refractivity contribution is 6.06. The fourth-order valence-electron chi connectivity index (χ4n) is 3.66. The van der Waals surface area contributed by atoms with Crippen LogP contribution in [0.2, 0.25) is 0 Å². The van der Waals surface area contributed by atoms with Crippen molar-refractivity contribution in [3.05, 3.63) is 89.2 Å². The molecule has 1 heterocycles. The summed E-state index contributed by atoms with van der Waals surface area (Å²) in [6.07, 6.45) is 11.1. The molecule has 2 aromatic carbocycles. The zero-order valence-electron chi connectivity index (χ0n) is 18.5. The fourth-order valence-corrected chi connectivity index (χ4v) is 3.66. The van der Waals surface area contributed by atoms with E-state index in [-0.39, 0.29) is 17.2 Å². The van der Waals surface area contributed by atoms with Gasteiger partial charge >= 0.3 is 0 Å². The second-order valence-corrected chi connectivity index (χ2v) is 7.97. The number of carbonyl (C=O) groups is 2. The lowest BCUT2D eigenvalue weighted by Crippen LogP contribution is -2.30. The van der Waals surface area contributed by atoms with E-state index in [1.807, 2.05) is 12.1 Å². The van der Waals surface area contributed by atoms with Gasteiger partial charge in [-0.1, -0.05) is 56.9 Å². The minimum absolute atomic E-state index is 0.110. The number of amides is 1.